The normalized spacial score (nSPS) is 11.4. The Morgan fingerprint density at radius 2 is 1.81 bits per heavy atom. The van der Waals surface area contributed by atoms with Crippen molar-refractivity contribution in [3.63, 3.8) is 0 Å². The van der Waals surface area contributed by atoms with Gasteiger partial charge in [-0.2, -0.15) is 0 Å². The Balaban J connectivity index is 2.38. The molecule has 2 rings (SSSR count). The van der Waals surface area contributed by atoms with Gasteiger partial charge in [-0.1, -0.05) is 11.6 Å². The summed E-state index contributed by atoms with van der Waals surface area (Å²) in [7, 11) is -4.11. The number of sulfonamides is 1. The third-order valence-corrected chi connectivity index (χ3v) is 4.27. The Morgan fingerprint density at radius 3 is 2.43 bits per heavy atom. The number of hydrogen-bond acceptors (Lipinski definition) is 3. The molecule has 0 aliphatic rings. The molecule has 0 aliphatic heterocycles. The van der Waals surface area contributed by atoms with Crippen LogP contribution in [0.5, 0.6) is 0 Å². The molecule has 0 spiro atoms. The third-order valence-electron chi connectivity index (χ3n) is 2.67. The summed E-state index contributed by atoms with van der Waals surface area (Å²) in [5, 5.41) is 9.07. The molecule has 0 amide bonds. The molecule has 2 aromatic rings. The van der Waals surface area contributed by atoms with Crippen LogP contribution in [0.3, 0.4) is 0 Å². The lowest BCUT2D eigenvalue weighted by atomic mass is 10.2. The summed E-state index contributed by atoms with van der Waals surface area (Å²) in [5.74, 6) is -1.57. The van der Waals surface area contributed by atoms with Crippen LogP contribution >= 0.6 is 11.6 Å². The summed E-state index contributed by atoms with van der Waals surface area (Å²) in [6.45, 7) is -0.648. The van der Waals surface area contributed by atoms with Crippen molar-refractivity contribution in [1.82, 2.24) is 0 Å². The Hall–Kier alpha value is -1.70. The molecule has 2 N–H and O–H groups in total. The van der Waals surface area contributed by atoms with Crippen molar-refractivity contribution in [3.05, 3.63) is 58.6 Å². The molecular weight excluding hydrogens is 324 g/mol. The maximum Gasteiger partial charge on any atom is 0.262 e. The monoisotopic (exact) mass is 333 g/mol. The minimum absolute atomic E-state index is 0.125. The maximum absolute atomic E-state index is 13.6. The highest BCUT2D eigenvalue weighted by Crippen LogP contribution is 2.23. The topological polar surface area (TPSA) is 66.4 Å². The van der Waals surface area contributed by atoms with Gasteiger partial charge in [0.15, 0.2) is 0 Å². The smallest absolute Gasteiger partial charge is 0.262 e. The molecule has 0 heterocycles. The highest BCUT2D eigenvalue weighted by atomic mass is 35.5. The summed E-state index contributed by atoms with van der Waals surface area (Å²) in [6, 6.07) is 6.37. The van der Waals surface area contributed by atoms with Gasteiger partial charge in [-0.3, -0.25) is 4.72 Å². The van der Waals surface area contributed by atoms with Crippen molar-refractivity contribution in [2.45, 2.75) is 11.5 Å². The standard InChI is InChI=1S/C13H10ClF2NO3S/c14-9-1-4-13(12(16)6-9)17-21(19,20)10-2-3-11(15)8(5-10)7-18/h1-6,17-18H,7H2. The second-order valence-electron chi connectivity index (χ2n) is 4.14. The molecular formula is C13H10ClF2NO3S. The first-order valence-corrected chi connectivity index (χ1v) is 7.57. The molecule has 0 bridgehead atoms. The molecule has 0 fully saturated rings. The maximum atomic E-state index is 13.6. The van der Waals surface area contributed by atoms with E-state index < -0.39 is 28.3 Å². The molecule has 0 unspecified atom stereocenters. The van der Waals surface area contributed by atoms with Crippen LogP contribution in [-0.4, -0.2) is 13.5 Å². The van der Waals surface area contributed by atoms with Crippen molar-refractivity contribution in [3.8, 4) is 0 Å². The van der Waals surface area contributed by atoms with Crippen LogP contribution < -0.4 is 4.72 Å². The van der Waals surface area contributed by atoms with E-state index in [1.54, 1.807) is 0 Å². The number of aliphatic hydroxyl groups excluding tert-OH is 1. The van der Waals surface area contributed by atoms with Crippen molar-refractivity contribution < 1.29 is 22.3 Å². The molecule has 112 valence electrons. The number of benzene rings is 2. The van der Waals surface area contributed by atoms with E-state index in [9.17, 15) is 17.2 Å². The molecule has 0 aliphatic carbocycles. The molecule has 0 saturated heterocycles. The average molecular weight is 334 g/mol. The van der Waals surface area contributed by atoms with Gasteiger partial charge in [0.2, 0.25) is 0 Å². The van der Waals surface area contributed by atoms with Gasteiger partial charge in [0, 0.05) is 10.6 Å². The van der Waals surface area contributed by atoms with Crippen molar-refractivity contribution in [1.29, 1.82) is 0 Å². The highest BCUT2D eigenvalue weighted by molar-refractivity contribution is 7.92. The zero-order valence-corrected chi connectivity index (χ0v) is 12.0. The van der Waals surface area contributed by atoms with Gasteiger partial charge in [-0.05, 0) is 36.4 Å². The van der Waals surface area contributed by atoms with Crippen LogP contribution in [0.2, 0.25) is 5.02 Å². The van der Waals surface area contributed by atoms with Crippen molar-refractivity contribution in [2.75, 3.05) is 4.72 Å². The Bertz CT molecular complexity index is 781. The van der Waals surface area contributed by atoms with E-state index in [4.69, 9.17) is 16.7 Å². The molecule has 0 saturated carbocycles. The minimum Gasteiger partial charge on any atom is -0.392 e. The Morgan fingerprint density at radius 1 is 1.10 bits per heavy atom. The predicted molar refractivity (Wildman–Crippen MR) is 74.5 cm³/mol. The van der Waals surface area contributed by atoms with Crippen LogP contribution in [0.1, 0.15) is 5.56 Å². The van der Waals surface area contributed by atoms with Crippen LogP contribution in [0.25, 0.3) is 0 Å². The zero-order chi connectivity index (χ0) is 15.6. The second kappa shape index (κ2) is 5.97. The van der Waals surface area contributed by atoms with Gasteiger partial charge in [0.1, 0.15) is 11.6 Å². The first kappa shape index (κ1) is 15.7. The SMILES string of the molecule is O=S(=O)(Nc1ccc(Cl)cc1F)c1ccc(F)c(CO)c1. The lowest BCUT2D eigenvalue weighted by Crippen LogP contribution is -2.14. The van der Waals surface area contributed by atoms with E-state index >= 15 is 0 Å². The fraction of sp³-hybridized carbons (Fsp3) is 0.0769. The Kier molecular flexibility index (Phi) is 4.46. The van der Waals surface area contributed by atoms with Gasteiger partial charge < -0.3 is 5.11 Å². The van der Waals surface area contributed by atoms with E-state index in [1.807, 2.05) is 4.72 Å². The summed E-state index contributed by atoms with van der Waals surface area (Å²) in [5.41, 5.74) is -0.455. The number of halogens is 3. The van der Waals surface area contributed by atoms with Crippen LogP contribution in [0.4, 0.5) is 14.5 Å². The van der Waals surface area contributed by atoms with Crippen LogP contribution in [0, 0.1) is 11.6 Å². The molecule has 0 radical (unpaired) electrons. The van der Waals surface area contributed by atoms with E-state index in [2.05, 4.69) is 0 Å². The number of anilines is 1. The second-order valence-corrected chi connectivity index (χ2v) is 6.26. The summed E-state index contributed by atoms with van der Waals surface area (Å²) < 4.78 is 53.1. The predicted octanol–water partition coefficient (Wildman–Crippen LogP) is 2.91. The van der Waals surface area contributed by atoms with Gasteiger partial charge in [-0.25, -0.2) is 17.2 Å². The summed E-state index contributed by atoms with van der Waals surface area (Å²) in [6.07, 6.45) is 0. The average Bonchev–Trinajstić information content (AvgIpc) is 2.42. The number of hydrogen-bond donors (Lipinski definition) is 2. The first-order valence-electron chi connectivity index (χ1n) is 5.70. The molecule has 21 heavy (non-hydrogen) atoms. The number of nitrogens with one attached hydrogen (secondary N) is 1. The van der Waals surface area contributed by atoms with E-state index in [0.29, 0.717) is 0 Å². The first-order chi connectivity index (χ1) is 9.83. The largest absolute Gasteiger partial charge is 0.392 e. The van der Waals surface area contributed by atoms with Crippen LogP contribution in [0.15, 0.2) is 41.3 Å². The van der Waals surface area contributed by atoms with Gasteiger partial charge in [0.25, 0.3) is 10.0 Å². The lowest BCUT2D eigenvalue weighted by molar-refractivity contribution is 0.275. The highest BCUT2D eigenvalue weighted by Gasteiger charge is 2.18. The molecule has 0 atom stereocenters. The van der Waals surface area contributed by atoms with Gasteiger partial charge in [0.05, 0.1) is 17.2 Å². The van der Waals surface area contributed by atoms with Gasteiger partial charge >= 0.3 is 0 Å². The fourth-order valence-electron chi connectivity index (χ4n) is 1.62. The fourth-order valence-corrected chi connectivity index (χ4v) is 2.89. The Labute approximate surface area is 125 Å². The lowest BCUT2D eigenvalue weighted by Gasteiger charge is -2.10. The molecule has 8 heteroatoms. The van der Waals surface area contributed by atoms with E-state index in [0.717, 1.165) is 24.3 Å². The molecule has 0 aromatic heterocycles. The minimum atomic E-state index is -4.11. The van der Waals surface area contributed by atoms with Gasteiger partial charge in [-0.15, -0.1) is 0 Å². The van der Waals surface area contributed by atoms with Crippen molar-refractivity contribution >= 4 is 27.3 Å². The van der Waals surface area contributed by atoms with Crippen molar-refractivity contribution in [2.24, 2.45) is 0 Å². The van der Waals surface area contributed by atoms with Crippen LogP contribution in [-0.2, 0) is 16.6 Å². The third kappa shape index (κ3) is 3.49. The number of rotatable bonds is 4. The summed E-state index contributed by atoms with van der Waals surface area (Å²) >= 11 is 5.58. The van der Waals surface area contributed by atoms with E-state index in [1.165, 1.54) is 12.1 Å². The summed E-state index contributed by atoms with van der Waals surface area (Å²) in [4.78, 5) is -0.290. The molecule has 2 aromatic carbocycles. The zero-order valence-electron chi connectivity index (χ0n) is 10.5. The van der Waals surface area contributed by atoms with E-state index in [-0.39, 0.29) is 21.2 Å². The number of aliphatic hydroxyl groups is 1. The molecule has 4 nitrogen and oxygen atoms in total. The quantitative estimate of drug-likeness (QED) is 0.904.